The van der Waals surface area contributed by atoms with Gasteiger partial charge in [0, 0.05) is 12.2 Å². The largest absolute Gasteiger partial charge is 0.391 e. The number of aryl methyl sites for hydroxylation is 1. The van der Waals surface area contributed by atoms with Crippen molar-refractivity contribution in [3.63, 3.8) is 0 Å². The van der Waals surface area contributed by atoms with Gasteiger partial charge in [-0.1, -0.05) is 6.92 Å². The zero-order valence-corrected chi connectivity index (χ0v) is 8.74. The van der Waals surface area contributed by atoms with Crippen LogP contribution in [0.2, 0.25) is 0 Å². The first kappa shape index (κ1) is 9.71. The molecule has 0 radical (unpaired) electrons. The Hall–Kier alpha value is -0.830. The van der Waals surface area contributed by atoms with Gasteiger partial charge in [-0.3, -0.25) is 0 Å². The number of hydrogen-bond donors (Lipinski definition) is 1. The van der Waals surface area contributed by atoms with E-state index >= 15 is 0 Å². The maximum Gasteiger partial charge on any atom is 0.0952 e. The second-order valence-electron chi connectivity index (χ2n) is 4.06. The van der Waals surface area contributed by atoms with E-state index in [9.17, 15) is 5.11 Å². The molecule has 0 spiro atoms. The number of hydrogen-bond acceptors (Lipinski definition) is 2. The highest BCUT2D eigenvalue weighted by Crippen LogP contribution is 2.20. The van der Waals surface area contributed by atoms with Crippen LogP contribution < -0.4 is 0 Å². The third-order valence-corrected chi connectivity index (χ3v) is 2.99. The number of rotatable bonds is 3. The second-order valence-corrected chi connectivity index (χ2v) is 4.06. The first-order chi connectivity index (χ1) is 6.81. The molecule has 0 aromatic carbocycles. The molecule has 0 aliphatic heterocycles. The van der Waals surface area contributed by atoms with Crippen LogP contribution in [0.4, 0.5) is 0 Å². The average Bonchev–Trinajstić information content (AvgIpc) is 2.62. The Bertz CT molecular complexity index is 306. The van der Waals surface area contributed by atoms with E-state index in [-0.39, 0.29) is 6.10 Å². The monoisotopic (exact) mass is 194 g/mol. The summed E-state index contributed by atoms with van der Waals surface area (Å²) in [4.78, 5) is 4.40. The van der Waals surface area contributed by atoms with Crippen LogP contribution in [-0.4, -0.2) is 20.8 Å². The lowest BCUT2D eigenvalue weighted by molar-refractivity contribution is 0.148. The van der Waals surface area contributed by atoms with Gasteiger partial charge < -0.3 is 9.67 Å². The van der Waals surface area contributed by atoms with Gasteiger partial charge in [0.05, 0.1) is 18.1 Å². The first-order valence-corrected chi connectivity index (χ1v) is 5.52. The Morgan fingerprint density at radius 3 is 3.07 bits per heavy atom. The van der Waals surface area contributed by atoms with Gasteiger partial charge in [0.15, 0.2) is 0 Å². The Morgan fingerprint density at radius 2 is 2.29 bits per heavy atom. The third kappa shape index (κ3) is 1.82. The molecule has 0 fully saturated rings. The van der Waals surface area contributed by atoms with E-state index in [1.165, 1.54) is 24.2 Å². The van der Waals surface area contributed by atoms with Crippen molar-refractivity contribution in [1.29, 1.82) is 0 Å². The molecular formula is C11H18N2O. The predicted molar refractivity (Wildman–Crippen MR) is 55.2 cm³/mol. The van der Waals surface area contributed by atoms with Gasteiger partial charge in [-0.15, -0.1) is 0 Å². The summed E-state index contributed by atoms with van der Waals surface area (Å²) < 4.78 is 2.13. The molecule has 3 heteroatoms. The number of nitrogens with zero attached hydrogens (tertiary/aromatic N) is 2. The lowest BCUT2D eigenvalue weighted by Gasteiger charge is -2.15. The van der Waals surface area contributed by atoms with Crippen molar-refractivity contribution in [2.45, 2.75) is 51.7 Å². The van der Waals surface area contributed by atoms with Crippen molar-refractivity contribution < 1.29 is 5.11 Å². The van der Waals surface area contributed by atoms with Crippen molar-refractivity contribution in [2.75, 3.05) is 0 Å². The van der Waals surface area contributed by atoms with Crippen LogP contribution in [0.5, 0.6) is 0 Å². The van der Waals surface area contributed by atoms with Crippen LogP contribution in [-0.2, 0) is 19.4 Å². The molecule has 14 heavy (non-hydrogen) atoms. The van der Waals surface area contributed by atoms with E-state index < -0.39 is 0 Å². The summed E-state index contributed by atoms with van der Waals surface area (Å²) in [5.41, 5.74) is 2.60. The molecule has 1 aliphatic rings. The minimum absolute atomic E-state index is 0.227. The Kier molecular flexibility index (Phi) is 2.87. The molecule has 0 amide bonds. The van der Waals surface area contributed by atoms with Gasteiger partial charge in [-0.2, -0.15) is 0 Å². The maximum absolute atomic E-state index is 9.58. The fourth-order valence-electron chi connectivity index (χ4n) is 2.04. The molecule has 3 nitrogen and oxygen atoms in total. The molecule has 1 aromatic heterocycles. The molecule has 2 rings (SSSR count). The van der Waals surface area contributed by atoms with Crippen LogP contribution in [0.3, 0.4) is 0 Å². The normalized spacial score (nSPS) is 17.9. The highest BCUT2D eigenvalue weighted by molar-refractivity contribution is 5.16. The lowest BCUT2D eigenvalue weighted by atomic mass is 10.0. The number of aliphatic hydroxyl groups excluding tert-OH is 1. The minimum Gasteiger partial charge on any atom is -0.391 e. The van der Waals surface area contributed by atoms with Crippen LogP contribution in [0.1, 0.15) is 37.6 Å². The Labute approximate surface area is 84.8 Å². The summed E-state index contributed by atoms with van der Waals surface area (Å²) in [7, 11) is 0. The van der Waals surface area contributed by atoms with Crippen LogP contribution in [0.15, 0.2) is 6.33 Å². The molecule has 1 atom stereocenters. The first-order valence-electron chi connectivity index (χ1n) is 5.52. The molecule has 1 N–H and O–H groups in total. The van der Waals surface area contributed by atoms with E-state index in [1.807, 2.05) is 13.3 Å². The molecule has 0 unspecified atom stereocenters. The van der Waals surface area contributed by atoms with Gasteiger partial charge in [-0.05, 0) is 32.1 Å². The fraction of sp³-hybridized carbons (Fsp3) is 0.727. The summed E-state index contributed by atoms with van der Waals surface area (Å²) in [5.74, 6) is 0. The highest BCUT2D eigenvalue weighted by atomic mass is 16.3. The van der Waals surface area contributed by atoms with Gasteiger partial charge in [0.1, 0.15) is 0 Å². The molecule has 0 saturated heterocycles. The molecular weight excluding hydrogens is 176 g/mol. The van der Waals surface area contributed by atoms with Crippen molar-refractivity contribution >= 4 is 0 Å². The predicted octanol–water partition coefficient (Wildman–Crippen LogP) is 1.53. The number of imidazole rings is 1. The summed E-state index contributed by atoms with van der Waals surface area (Å²) in [6.45, 7) is 2.72. The standard InChI is InChI=1S/C11H18N2O/c1-2-9(14)7-13-8-12-10-5-3-4-6-11(10)13/h8-9,14H,2-7H2,1H3/t9-/m1/s1. The Morgan fingerprint density at radius 1 is 1.50 bits per heavy atom. The van der Waals surface area contributed by atoms with E-state index in [2.05, 4.69) is 9.55 Å². The van der Waals surface area contributed by atoms with Crippen LogP contribution in [0.25, 0.3) is 0 Å². The average molecular weight is 194 g/mol. The lowest BCUT2D eigenvalue weighted by Crippen LogP contribution is -2.17. The topological polar surface area (TPSA) is 38.0 Å². The van der Waals surface area contributed by atoms with Crippen molar-refractivity contribution in [3.05, 3.63) is 17.7 Å². The summed E-state index contributed by atoms with van der Waals surface area (Å²) in [6, 6.07) is 0. The molecule has 1 aromatic rings. The molecule has 1 aliphatic carbocycles. The quantitative estimate of drug-likeness (QED) is 0.792. The molecule has 0 bridgehead atoms. The molecule has 78 valence electrons. The van der Waals surface area contributed by atoms with Crippen LogP contribution in [0, 0.1) is 0 Å². The smallest absolute Gasteiger partial charge is 0.0952 e. The van der Waals surface area contributed by atoms with E-state index in [1.54, 1.807) is 0 Å². The minimum atomic E-state index is -0.227. The zero-order valence-electron chi connectivity index (χ0n) is 8.74. The molecule has 0 saturated carbocycles. The van der Waals surface area contributed by atoms with Crippen molar-refractivity contribution in [1.82, 2.24) is 9.55 Å². The van der Waals surface area contributed by atoms with Crippen LogP contribution >= 0.6 is 0 Å². The van der Waals surface area contributed by atoms with E-state index in [0.29, 0.717) is 6.54 Å². The zero-order chi connectivity index (χ0) is 9.97. The SMILES string of the molecule is CC[C@@H](O)Cn1cnc2c1CCCC2. The van der Waals surface area contributed by atoms with Gasteiger partial charge in [-0.25, -0.2) is 4.98 Å². The van der Waals surface area contributed by atoms with Crippen molar-refractivity contribution in [2.24, 2.45) is 0 Å². The summed E-state index contributed by atoms with van der Waals surface area (Å²) in [5, 5.41) is 9.58. The fourth-order valence-corrected chi connectivity index (χ4v) is 2.04. The third-order valence-electron chi connectivity index (χ3n) is 2.99. The second kappa shape index (κ2) is 4.13. The Balaban J connectivity index is 2.14. The van der Waals surface area contributed by atoms with Gasteiger partial charge >= 0.3 is 0 Å². The number of aliphatic hydroxyl groups is 1. The summed E-state index contributed by atoms with van der Waals surface area (Å²) >= 11 is 0. The van der Waals surface area contributed by atoms with E-state index in [0.717, 1.165) is 19.3 Å². The maximum atomic E-state index is 9.58. The summed E-state index contributed by atoms with van der Waals surface area (Å²) in [6.07, 6.45) is 7.24. The highest BCUT2D eigenvalue weighted by Gasteiger charge is 2.15. The van der Waals surface area contributed by atoms with Gasteiger partial charge in [0.25, 0.3) is 0 Å². The van der Waals surface area contributed by atoms with Gasteiger partial charge in [0.2, 0.25) is 0 Å². The molecule has 1 heterocycles. The number of fused-ring (bicyclic) bond motifs is 1. The van der Waals surface area contributed by atoms with Crippen molar-refractivity contribution in [3.8, 4) is 0 Å². The number of aromatic nitrogens is 2. The van der Waals surface area contributed by atoms with E-state index in [4.69, 9.17) is 0 Å².